The molecule has 0 bridgehead atoms. The number of guanidine groups is 1. The van der Waals surface area contributed by atoms with Crippen molar-refractivity contribution in [3.05, 3.63) is 59.2 Å². The Morgan fingerprint density at radius 2 is 1.82 bits per heavy atom. The third kappa shape index (κ3) is 4.52. The van der Waals surface area contributed by atoms with Gasteiger partial charge in [-0.25, -0.2) is 4.99 Å². The van der Waals surface area contributed by atoms with Crippen LogP contribution < -0.4 is 15.8 Å². The Morgan fingerprint density at radius 1 is 1.05 bits per heavy atom. The highest BCUT2D eigenvalue weighted by Crippen LogP contribution is 2.16. The molecule has 0 aliphatic carbocycles. The van der Waals surface area contributed by atoms with Gasteiger partial charge in [0, 0.05) is 5.69 Å². The van der Waals surface area contributed by atoms with E-state index in [-0.39, 0.29) is 0 Å². The van der Waals surface area contributed by atoms with Crippen LogP contribution in [0.3, 0.4) is 0 Å². The highest BCUT2D eigenvalue weighted by Gasteiger charge is 1.99. The van der Waals surface area contributed by atoms with Crippen molar-refractivity contribution in [2.45, 2.75) is 20.8 Å². The topological polar surface area (TPSA) is 59.6 Å². The molecule has 0 spiro atoms. The van der Waals surface area contributed by atoms with Crippen molar-refractivity contribution < 1.29 is 4.74 Å². The van der Waals surface area contributed by atoms with Crippen LogP contribution in [0.25, 0.3) is 0 Å². The number of nitrogens with one attached hydrogen (secondary N) is 1. The Bertz CT molecular complexity index is 665. The highest BCUT2D eigenvalue weighted by atomic mass is 16.5. The van der Waals surface area contributed by atoms with Gasteiger partial charge < -0.3 is 15.8 Å². The number of nitrogens with zero attached hydrogens (tertiary/aromatic N) is 1. The lowest BCUT2D eigenvalue weighted by atomic mass is 10.1. The van der Waals surface area contributed by atoms with E-state index in [0.29, 0.717) is 19.1 Å². The molecule has 2 rings (SSSR count). The predicted octanol–water partition coefficient (Wildman–Crippen LogP) is 3.42. The summed E-state index contributed by atoms with van der Waals surface area (Å²) in [6.45, 7) is 7.19. The Morgan fingerprint density at radius 3 is 2.55 bits per heavy atom. The van der Waals surface area contributed by atoms with E-state index >= 15 is 0 Å². The van der Waals surface area contributed by atoms with Gasteiger partial charge in [0.05, 0.1) is 6.54 Å². The molecule has 3 N–H and O–H groups in total. The van der Waals surface area contributed by atoms with Gasteiger partial charge in [-0.05, 0) is 55.7 Å². The molecule has 0 saturated heterocycles. The molecule has 0 aromatic heterocycles. The zero-order valence-electron chi connectivity index (χ0n) is 13.4. The third-order valence-electron chi connectivity index (χ3n) is 3.50. The van der Waals surface area contributed by atoms with E-state index in [9.17, 15) is 0 Å². The molecule has 0 amide bonds. The van der Waals surface area contributed by atoms with Gasteiger partial charge in [-0.15, -0.1) is 0 Å². The monoisotopic (exact) mass is 297 g/mol. The first-order valence-electron chi connectivity index (χ1n) is 7.39. The second kappa shape index (κ2) is 7.50. The Hall–Kier alpha value is -2.49. The first-order valence-corrected chi connectivity index (χ1v) is 7.39. The average Bonchev–Trinajstić information content (AvgIpc) is 2.49. The second-order valence-corrected chi connectivity index (χ2v) is 5.30. The summed E-state index contributed by atoms with van der Waals surface area (Å²) in [5, 5.41) is 3.09. The molecule has 4 heteroatoms. The van der Waals surface area contributed by atoms with Crippen LogP contribution >= 0.6 is 0 Å². The standard InChI is InChI=1S/C18H23N3O/c1-13-8-9-16(12-15(13)3)21-18(19)20-10-11-22-17-7-5-4-6-14(17)2/h4-9,12H,10-11H2,1-3H3,(H3,19,20,21). The Labute approximate surface area is 132 Å². The van der Waals surface area contributed by atoms with Gasteiger partial charge in [-0.1, -0.05) is 24.3 Å². The maximum atomic E-state index is 5.89. The van der Waals surface area contributed by atoms with E-state index < -0.39 is 0 Å². The minimum absolute atomic E-state index is 0.400. The van der Waals surface area contributed by atoms with Crippen molar-refractivity contribution in [1.29, 1.82) is 0 Å². The summed E-state index contributed by atoms with van der Waals surface area (Å²) in [4.78, 5) is 4.27. The molecule has 0 aliphatic heterocycles. The number of nitrogens with two attached hydrogens (primary N) is 1. The molecule has 2 aromatic rings. The van der Waals surface area contributed by atoms with Crippen molar-refractivity contribution >= 4 is 11.6 Å². The molecule has 0 heterocycles. The van der Waals surface area contributed by atoms with E-state index in [0.717, 1.165) is 17.0 Å². The zero-order valence-corrected chi connectivity index (χ0v) is 13.4. The van der Waals surface area contributed by atoms with Gasteiger partial charge in [0.2, 0.25) is 0 Å². The molecule has 22 heavy (non-hydrogen) atoms. The number of hydrogen-bond acceptors (Lipinski definition) is 2. The van der Waals surface area contributed by atoms with E-state index in [1.807, 2.05) is 37.3 Å². The molecule has 0 atom stereocenters. The van der Waals surface area contributed by atoms with Crippen molar-refractivity contribution in [3.8, 4) is 5.75 Å². The fourth-order valence-corrected chi connectivity index (χ4v) is 2.05. The van der Waals surface area contributed by atoms with E-state index in [1.165, 1.54) is 11.1 Å². The molecule has 0 fully saturated rings. The molecular formula is C18H23N3O. The lowest BCUT2D eigenvalue weighted by Crippen LogP contribution is -2.23. The van der Waals surface area contributed by atoms with Crippen LogP contribution in [-0.4, -0.2) is 19.1 Å². The second-order valence-electron chi connectivity index (χ2n) is 5.30. The van der Waals surface area contributed by atoms with Crippen LogP contribution in [-0.2, 0) is 0 Å². The van der Waals surface area contributed by atoms with Gasteiger partial charge in [0.15, 0.2) is 5.96 Å². The molecule has 4 nitrogen and oxygen atoms in total. The summed E-state index contributed by atoms with van der Waals surface area (Å²) >= 11 is 0. The Kier molecular flexibility index (Phi) is 5.42. The van der Waals surface area contributed by atoms with E-state index in [4.69, 9.17) is 10.5 Å². The van der Waals surface area contributed by atoms with Gasteiger partial charge in [0.1, 0.15) is 12.4 Å². The number of benzene rings is 2. The maximum absolute atomic E-state index is 5.89. The minimum Gasteiger partial charge on any atom is -0.491 e. The maximum Gasteiger partial charge on any atom is 0.193 e. The molecule has 0 radical (unpaired) electrons. The van der Waals surface area contributed by atoms with Crippen LogP contribution in [0.1, 0.15) is 16.7 Å². The number of ether oxygens (including phenoxy) is 1. The number of para-hydroxylation sites is 1. The largest absolute Gasteiger partial charge is 0.491 e. The fourth-order valence-electron chi connectivity index (χ4n) is 2.05. The lowest BCUT2D eigenvalue weighted by Gasteiger charge is -2.09. The zero-order chi connectivity index (χ0) is 15.9. The van der Waals surface area contributed by atoms with Crippen molar-refractivity contribution in [2.75, 3.05) is 18.5 Å². The summed E-state index contributed by atoms with van der Waals surface area (Å²) in [6, 6.07) is 14.0. The average molecular weight is 297 g/mol. The quantitative estimate of drug-likeness (QED) is 0.505. The summed E-state index contributed by atoms with van der Waals surface area (Å²) in [5.41, 5.74) is 10.4. The lowest BCUT2D eigenvalue weighted by molar-refractivity contribution is 0.326. The fraction of sp³-hybridized carbons (Fsp3) is 0.278. The summed E-state index contributed by atoms with van der Waals surface area (Å²) in [7, 11) is 0. The highest BCUT2D eigenvalue weighted by molar-refractivity contribution is 5.92. The molecule has 0 saturated carbocycles. The first kappa shape index (κ1) is 15.9. The number of rotatable bonds is 5. The molecule has 0 aliphatic rings. The van der Waals surface area contributed by atoms with Crippen LogP contribution in [0.2, 0.25) is 0 Å². The number of hydrogen-bond donors (Lipinski definition) is 2. The number of aryl methyl sites for hydroxylation is 3. The molecular weight excluding hydrogens is 274 g/mol. The molecule has 116 valence electrons. The molecule has 0 unspecified atom stereocenters. The number of anilines is 1. The predicted molar refractivity (Wildman–Crippen MR) is 92.7 cm³/mol. The van der Waals surface area contributed by atoms with Crippen molar-refractivity contribution in [1.82, 2.24) is 0 Å². The summed E-state index contributed by atoms with van der Waals surface area (Å²) < 4.78 is 5.68. The van der Waals surface area contributed by atoms with Gasteiger partial charge in [-0.2, -0.15) is 0 Å². The summed E-state index contributed by atoms with van der Waals surface area (Å²) in [5.74, 6) is 1.29. The summed E-state index contributed by atoms with van der Waals surface area (Å²) in [6.07, 6.45) is 0. The SMILES string of the molecule is Cc1ccc(NC(N)=NCCOc2ccccc2C)cc1C. The minimum atomic E-state index is 0.400. The number of aliphatic imine (C=N–C) groups is 1. The van der Waals surface area contributed by atoms with Crippen LogP contribution in [0.15, 0.2) is 47.5 Å². The smallest absolute Gasteiger partial charge is 0.193 e. The van der Waals surface area contributed by atoms with Crippen LogP contribution in [0.4, 0.5) is 5.69 Å². The van der Waals surface area contributed by atoms with Gasteiger partial charge >= 0.3 is 0 Å². The van der Waals surface area contributed by atoms with E-state index in [1.54, 1.807) is 0 Å². The van der Waals surface area contributed by atoms with Gasteiger partial charge in [0.25, 0.3) is 0 Å². The molecule has 2 aromatic carbocycles. The van der Waals surface area contributed by atoms with Crippen molar-refractivity contribution in [3.63, 3.8) is 0 Å². The Balaban J connectivity index is 1.82. The first-order chi connectivity index (χ1) is 10.6. The van der Waals surface area contributed by atoms with Gasteiger partial charge in [-0.3, -0.25) is 0 Å². The normalized spacial score (nSPS) is 11.3. The van der Waals surface area contributed by atoms with Crippen molar-refractivity contribution in [2.24, 2.45) is 10.7 Å². The van der Waals surface area contributed by atoms with Crippen LogP contribution in [0.5, 0.6) is 5.75 Å². The van der Waals surface area contributed by atoms with E-state index in [2.05, 4.69) is 36.3 Å². The van der Waals surface area contributed by atoms with Crippen LogP contribution in [0, 0.1) is 20.8 Å². The third-order valence-corrected chi connectivity index (χ3v) is 3.50.